The molecule has 1 aliphatic heterocycles. The van der Waals surface area contributed by atoms with Crippen molar-refractivity contribution in [3.8, 4) is 0 Å². The highest BCUT2D eigenvalue weighted by atomic mass is 127. The lowest BCUT2D eigenvalue weighted by Crippen LogP contribution is -2.18. The summed E-state index contributed by atoms with van der Waals surface area (Å²) in [7, 11) is 0. The lowest BCUT2D eigenvalue weighted by atomic mass is 10.2. The Morgan fingerprint density at radius 3 is 3.00 bits per heavy atom. The van der Waals surface area contributed by atoms with Crippen LogP contribution in [0.2, 0.25) is 0 Å². The minimum atomic E-state index is -0.383. The monoisotopic (exact) mass is 348 g/mol. The number of nitro benzene ring substituents is 1. The van der Waals surface area contributed by atoms with Crippen LogP contribution in [0, 0.1) is 13.7 Å². The molecule has 1 aliphatic rings. The van der Waals surface area contributed by atoms with Crippen LogP contribution >= 0.6 is 22.6 Å². The lowest BCUT2D eigenvalue weighted by Gasteiger charge is -2.12. The quantitative estimate of drug-likeness (QED) is 0.516. The Morgan fingerprint density at radius 1 is 1.59 bits per heavy atom. The summed E-state index contributed by atoms with van der Waals surface area (Å²) in [6.07, 6.45) is 2.46. The first-order valence-corrected chi connectivity index (χ1v) is 6.54. The highest BCUT2D eigenvalue weighted by Crippen LogP contribution is 2.24. The predicted octanol–water partition coefficient (Wildman–Crippen LogP) is 2.79. The molecule has 6 heteroatoms. The molecule has 1 heterocycles. The van der Waals surface area contributed by atoms with E-state index in [1.165, 1.54) is 6.07 Å². The van der Waals surface area contributed by atoms with Crippen molar-refractivity contribution in [2.45, 2.75) is 18.9 Å². The Bertz CT molecular complexity index is 419. The number of benzene rings is 1. The minimum absolute atomic E-state index is 0.122. The molecule has 1 N–H and O–H groups in total. The van der Waals surface area contributed by atoms with Crippen LogP contribution in [0.25, 0.3) is 0 Å². The van der Waals surface area contributed by atoms with Gasteiger partial charge in [0.05, 0.1) is 11.0 Å². The molecule has 17 heavy (non-hydrogen) atoms. The van der Waals surface area contributed by atoms with Crippen molar-refractivity contribution in [3.05, 3.63) is 31.9 Å². The second-order valence-corrected chi connectivity index (χ2v) is 5.10. The van der Waals surface area contributed by atoms with Crippen LogP contribution in [-0.2, 0) is 4.74 Å². The van der Waals surface area contributed by atoms with Gasteiger partial charge in [-0.1, -0.05) is 0 Å². The van der Waals surface area contributed by atoms with Gasteiger partial charge in [0.2, 0.25) is 0 Å². The summed E-state index contributed by atoms with van der Waals surface area (Å²) in [5.41, 5.74) is 1.05. The molecule has 1 unspecified atom stereocenters. The van der Waals surface area contributed by atoms with Crippen molar-refractivity contribution in [2.75, 3.05) is 18.5 Å². The van der Waals surface area contributed by atoms with Crippen LogP contribution in [-0.4, -0.2) is 24.2 Å². The fourth-order valence-electron chi connectivity index (χ4n) is 1.79. The Hall–Kier alpha value is -0.890. The van der Waals surface area contributed by atoms with Gasteiger partial charge in [0.1, 0.15) is 0 Å². The van der Waals surface area contributed by atoms with E-state index < -0.39 is 0 Å². The van der Waals surface area contributed by atoms with Crippen LogP contribution < -0.4 is 5.32 Å². The van der Waals surface area contributed by atoms with E-state index in [-0.39, 0.29) is 16.7 Å². The molecule has 1 fully saturated rings. The highest BCUT2D eigenvalue weighted by molar-refractivity contribution is 14.1. The molecule has 2 rings (SSSR count). The second-order valence-electron chi connectivity index (χ2n) is 3.94. The third-order valence-corrected chi connectivity index (χ3v) is 3.60. The first-order valence-electron chi connectivity index (χ1n) is 5.46. The van der Waals surface area contributed by atoms with Gasteiger partial charge < -0.3 is 10.1 Å². The molecule has 5 nitrogen and oxygen atoms in total. The van der Waals surface area contributed by atoms with Gasteiger partial charge in [-0.25, -0.2) is 0 Å². The summed E-state index contributed by atoms with van der Waals surface area (Å²) in [5, 5.41) is 13.9. The summed E-state index contributed by atoms with van der Waals surface area (Å²) in [6.45, 7) is 1.59. The molecular weight excluding hydrogens is 335 g/mol. The second kappa shape index (κ2) is 5.63. The maximum absolute atomic E-state index is 10.6. The molecule has 0 bridgehead atoms. The molecule has 0 amide bonds. The number of nitrogens with zero attached hydrogens (tertiary/aromatic N) is 1. The normalized spacial score (nSPS) is 19.2. The predicted molar refractivity (Wildman–Crippen MR) is 73.3 cm³/mol. The van der Waals surface area contributed by atoms with E-state index in [0.29, 0.717) is 0 Å². The first kappa shape index (κ1) is 12.6. The fourth-order valence-corrected chi connectivity index (χ4v) is 2.48. The molecule has 0 radical (unpaired) electrons. The average molecular weight is 348 g/mol. The standard InChI is InChI=1S/C11H13IN2O3/c12-10-6-8(14(15)16)3-4-11(10)13-7-9-2-1-5-17-9/h3-4,6,9,13H,1-2,5,7H2. The Kier molecular flexibility index (Phi) is 4.16. The number of nitro groups is 1. The van der Waals surface area contributed by atoms with Gasteiger partial charge in [0.15, 0.2) is 0 Å². The van der Waals surface area contributed by atoms with Gasteiger partial charge >= 0.3 is 0 Å². The highest BCUT2D eigenvalue weighted by Gasteiger charge is 2.16. The van der Waals surface area contributed by atoms with E-state index in [4.69, 9.17) is 4.74 Å². The largest absolute Gasteiger partial charge is 0.382 e. The maximum atomic E-state index is 10.6. The minimum Gasteiger partial charge on any atom is -0.382 e. The summed E-state index contributed by atoms with van der Waals surface area (Å²) in [5.74, 6) is 0. The van der Waals surface area contributed by atoms with Crippen LogP contribution in [0.4, 0.5) is 11.4 Å². The van der Waals surface area contributed by atoms with Crippen molar-refractivity contribution in [1.82, 2.24) is 0 Å². The third-order valence-electron chi connectivity index (χ3n) is 2.71. The zero-order chi connectivity index (χ0) is 12.3. The molecular formula is C11H13IN2O3. The van der Waals surface area contributed by atoms with Crippen LogP contribution in [0.1, 0.15) is 12.8 Å². The molecule has 0 spiro atoms. The average Bonchev–Trinajstić information content (AvgIpc) is 2.80. The molecule has 92 valence electrons. The topological polar surface area (TPSA) is 64.4 Å². The summed E-state index contributed by atoms with van der Waals surface area (Å²) in [6, 6.07) is 4.83. The van der Waals surface area contributed by atoms with E-state index in [2.05, 4.69) is 27.9 Å². The number of rotatable bonds is 4. The van der Waals surface area contributed by atoms with Gasteiger partial charge in [-0.2, -0.15) is 0 Å². The van der Waals surface area contributed by atoms with Gasteiger partial charge in [-0.05, 0) is 41.5 Å². The van der Waals surface area contributed by atoms with Crippen LogP contribution in [0.5, 0.6) is 0 Å². The number of nitrogens with one attached hydrogen (secondary N) is 1. The van der Waals surface area contributed by atoms with E-state index in [1.54, 1.807) is 12.1 Å². The van der Waals surface area contributed by atoms with Crippen LogP contribution in [0.3, 0.4) is 0 Å². The molecule has 1 aromatic rings. The van der Waals surface area contributed by atoms with Crippen molar-refractivity contribution in [2.24, 2.45) is 0 Å². The van der Waals surface area contributed by atoms with Crippen molar-refractivity contribution >= 4 is 34.0 Å². The summed E-state index contributed by atoms with van der Waals surface area (Å²) >= 11 is 2.10. The summed E-state index contributed by atoms with van der Waals surface area (Å²) in [4.78, 5) is 10.2. The smallest absolute Gasteiger partial charge is 0.270 e. The number of hydrogen-bond donors (Lipinski definition) is 1. The fraction of sp³-hybridized carbons (Fsp3) is 0.455. The molecule has 1 saturated heterocycles. The molecule has 1 aromatic carbocycles. The van der Waals surface area contributed by atoms with Gasteiger partial charge in [-0.3, -0.25) is 10.1 Å². The van der Waals surface area contributed by atoms with Gasteiger partial charge in [0.25, 0.3) is 5.69 Å². The number of hydrogen-bond acceptors (Lipinski definition) is 4. The number of ether oxygens (including phenoxy) is 1. The number of non-ortho nitro benzene ring substituents is 1. The Balaban J connectivity index is 1.98. The zero-order valence-electron chi connectivity index (χ0n) is 9.19. The number of anilines is 1. The van der Waals surface area contributed by atoms with E-state index >= 15 is 0 Å². The maximum Gasteiger partial charge on any atom is 0.270 e. The van der Waals surface area contributed by atoms with E-state index in [9.17, 15) is 10.1 Å². The summed E-state index contributed by atoms with van der Waals surface area (Å²) < 4.78 is 6.36. The van der Waals surface area contributed by atoms with Crippen molar-refractivity contribution < 1.29 is 9.66 Å². The first-order chi connectivity index (χ1) is 8.16. The number of halogens is 1. The molecule has 1 atom stereocenters. The van der Waals surface area contributed by atoms with Crippen molar-refractivity contribution in [1.29, 1.82) is 0 Å². The van der Waals surface area contributed by atoms with Gasteiger partial charge in [0, 0.05) is 34.5 Å². The van der Waals surface area contributed by atoms with Crippen molar-refractivity contribution in [3.63, 3.8) is 0 Å². The SMILES string of the molecule is O=[N+]([O-])c1ccc(NCC2CCCO2)c(I)c1. The Morgan fingerprint density at radius 2 is 2.41 bits per heavy atom. The lowest BCUT2D eigenvalue weighted by molar-refractivity contribution is -0.384. The zero-order valence-corrected chi connectivity index (χ0v) is 11.3. The van der Waals surface area contributed by atoms with Crippen LogP contribution in [0.15, 0.2) is 18.2 Å². The van der Waals surface area contributed by atoms with Gasteiger partial charge in [-0.15, -0.1) is 0 Å². The van der Waals surface area contributed by atoms with E-state index in [0.717, 1.165) is 35.3 Å². The molecule has 0 saturated carbocycles. The third kappa shape index (κ3) is 3.29. The molecule has 0 aromatic heterocycles. The van der Waals surface area contributed by atoms with E-state index in [1.807, 2.05) is 0 Å². The Labute approximate surface area is 113 Å². The molecule has 0 aliphatic carbocycles.